The third kappa shape index (κ3) is 5.19. The van der Waals surface area contributed by atoms with Crippen molar-refractivity contribution in [3.8, 4) is 0 Å². The van der Waals surface area contributed by atoms with E-state index in [1.165, 1.54) is 5.56 Å². The normalized spacial score (nSPS) is 17.0. The number of carbonyl (C=O) groups excluding carboxylic acids is 2. The number of anilines is 1. The van der Waals surface area contributed by atoms with Gasteiger partial charge in [0.1, 0.15) is 0 Å². The van der Waals surface area contributed by atoms with E-state index in [9.17, 15) is 9.59 Å². The van der Waals surface area contributed by atoms with E-state index in [0.29, 0.717) is 18.9 Å². The van der Waals surface area contributed by atoms with Gasteiger partial charge in [-0.25, -0.2) is 0 Å². The van der Waals surface area contributed by atoms with Crippen molar-refractivity contribution in [3.63, 3.8) is 0 Å². The van der Waals surface area contributed by atoms with Crippen LogP contribution < -0.4 is 5.32 Å². The number of nitrogens with one attached hydrogen (secondary N) is 1. The summed E-state index contributed by atoms with van der Waals surface area (Å²) in [5, 5.41) is 3.04. The summed E-state index contributed by atoms with van der Waals surface area (Å²) in [4.78, 5) is 27.2. The standard InChI is InChI=1S/C23H28N2O2/c1-17(2)19-10-6-12-21(15-19)24-23(27)20-11-7-13-25(16-20)22(26)14-18-8-4-3-5-9-18/h3-6,8-10,12,15,17,20H,7,11,13-14,16H2,1-2H3,(H,24,27). The maximum Gasteiger partial charge on any atom is 0.229 e. The van der Waals surface area contributed by atoms with Gasteiger partial charge in [-0.3, -0.25) is 9.59 Å². The third-order valence-corrected chi connectivity index (χ3v) is 5.16. The number of hydrogen-bond acceptors (Lipinski definition) is 2. The Kier molecular flexibility index (Phi) is 6.28. The van der Waals surface area contributed by atoms with Gasteiger partial charge in [-0.2, -0.15) is 0 Å². The lowest BCUT2D eigenvalue weighted by Crippen LogP contribution is -2.44. The van der Waals surface area contributed by atoms with Crippen LogP contribution in [0.25, 0.3) is 0 Å². The van der Waals surface area contributed by atoms with Gasteiger partial charge in [-0.1, -0.05) is 56.3 Å². The number of nitrogens with zero attached hydrogens (tertiary/aromatic N) is 1. The molecule has 0 aliphatic carbocycles. The largest absolute Gasteiger partial charge is 0.342 e. The molecular formula is C23H28N2O2. The molecule has 1 fully saturated rings. The Morgan fingerprint density at radius 1 is 1.11 bits per heavy atom. The van der Waals surface area contributed by atoms with Crippen LogP contribution in [-0.4, -0.2) is 29.8 Å². The number of rotatable bonds is 5. The Morgan fingerprint density at radius 2 is 1.89 bits per heavy atom. The summed E-state index contributed by atoms with van der Waals surface area (Å²) in [7, 11) is 0. The molecule has 0 aromatic heterocycles. The summed E-state index contributed by atoms with van der Waals surface area (Å²) in [6.45, 7) is 5.51. The van der Waals surface area contributed by atoms with Gasteiger partial charge in [0, 0.05) is 18.8 Å². The van der Waals surface area contributed by atoms with Crippen molar-refractivity contribution >= 4 is 17.5 Å². The van der Waals surface area contributed by atoms with E-state index in [4.69, 9.17) is 0 Å². The second kappa shape index (κ2) is 8.85. The summed E-state index contributed by atoms with van der Waals surface area (Å²) in [5.41, 5.74) is 3.05. The molecule has 1 N–H and O–H groups in total. The summed E-state index contributed by atoms with van der Waals surface area (Å²) < 4.78 is 0. The Hall–Kier alpha value is -2.62. The highest BCUT2D eigenvalue weighted by atomic mass is 16.2. The molecule has 4 heteroatoms. The van der Waals surface area contributed by atoms with Gasteiger partial charge in [0.2, 0.25) is 11.8 Å². The number of piperidine rings is 1. The summed E-state index contributed by atoms with van der Waals surface area (Å²) in [6, 6.07) is 17.8. The first kappa shape index (κ1) is 19.2. The zero-order valence-electron chi connectivity index (χ0n) is 16.2. The molecule has 1 atom stereocenters. The third-order valence-electron chi connectivity index (χ3n) is 5.16. The number of likely N-dealkylation sites (tertiary alicyclic amines) is 1. The quantitative estimate of drug-likeness (QED) is 0.863. The highest BCUT2D eigenvalue weighted by Gasteiger charge is 2.28. The molecule has 1 aliphatic heterocycles. The molecule has 0 radical (unpaired) electrons. The minimum Gasteiger partial charge on any atom is -0.342 e. The number of hydrogen-bond donors (Lipinski definition) is 1. The second-order valence-electron chi connectivity index (χ2n) is 7.61. The smallest absolute Gasteiger partial charge is 0.229 e. The van der Waals surface area contributed by atoms with Crippen molar-refractivity contribution in [1.82, 2.24) is 4.90 Å². The minimum atomic E-state index is -0.152. The molecule has 2 aromatic carbocycles. The molecule has 1 heterocycles. The lowest BCUT2D eigenvalue weighted by molar-refractivity contribution is -0.133. The van der Waals surface area contributed by atoms with Gasteiger partial charge in [-0.05, 0) is 42.0 Å². The number of benzene rings is 2. The molecule has 2 aromatic rings. The van der Waals surface area contributed by atoms with E-state index in [2.05, 4.69) is 25.2 Å². The van der Waals surface area contributed by atoms with E-state index in [1.54, 1.807) is 0 Å². The molecule has 2 amide bonds. The summed E-state index contributed by atoms with van der Waals surface area (Å²) in [6.07, 6.45) is 2.08. The highest BCUT2D eigenvalue weighted by Crippen LogP contribution is 2.22. The molecule has 0 bridgehead atoms. The first-order valence-electron chi connectivity index (χ1n) is 9.75. The highest BCUT2D eigenvalue weighted by molar-refractivity contribution is 5.93. The SMILES string of the molecule is CC(C)c1cccc(NC(=O)C2CCCN(C(=O)Cc3ccccc3)C2)c1. The van der Waals surface area contributed by atoms with Crippen LogP contribution in [0.2, 0.25) is 0 Å². The fourth-order valence-corrected chi connectivity index (χ4v) is 3.52. The van der Waals surface area contributed by atoms with Crippen molar-refractivity contribution in [2.75, 3.05) is 18.4 Å². The van der Waals surface area contributed by atoms with Crippen molar-refractivity contribution < 1.29 is 9.59 Å². The second-order valence-corrected chi connectivity index (χ2v) is 7.61. The van der Waals surface area contributed by atoms with E-state index >= 15 is 0 Å². The Morgan fingerprint density at radius 3 is 2.63 bits per heavy atom. The van der Waals surface area contributed by atoms with Gasteiger partial charge < -0.3 is 10.2 Å². The number of amides is 2. The minimum absolute atomic E-state index is 0.00752. The van der Waals surface area contributed by atoms with Crippen LogP contribution in [-0.2, 0) is 16.0 Å². The van der Waals surface area contributed by atoms with Crippen molar-refractivity contribution in [2.24, 2.45) is 5.92 Å². The first-order valence-corrected chi connectivity index (χ1v) is 9.75. The summed E-state index contributed by atoms with van der Waals surface area (Å²) in [5.74, 6) is 0.373. The zero-order chi connectivity index (χ0) is 19.2. The molecule has 0 saturated carbocycles. The van der Waals surface area contributed by atoms with Crippen LogP contribution in [0.1, 0.15) is 43.7 Å². The van der Waals surface area contributed by atoms with Crippen LogP contribution in [0.3, 0.4) is 0 Å². The van der Waals surface area contributed by atoms with Crippen LogP contribution in [0, 0.1) is 5.92 Å². The first-order chi connectivity index (χ1) is 13.0. The predicted octanol–water partition coefficient (Wildman–Crippen LogP) is 4.23. The molecule has 27 heavy (non-hydrogen) atoms. The van der Waals surface area contributed by atoms with Crippen molar-refractivity contribution in [2.45, 2.75) is 39.0 Å². The molecule has 1 unspecified atom stereocenters. The van der Waals surface area contributed by atoms with Crippen LogP contribution in [0.5, 0.6) is 0 Å². The zero-order valence-corrected chi connectivity index (χ0v) is 16.2. The average molecular weight is 364 g/mol. The molecule has 1 saturated heterocycles. The average Bonchev–Trinajstić information content (AvgIpc) is 2.69. The van der Waals surface area contributed by atoms with E-state index in [0.717, 1.165) is 30.6 Å². The van der Waals surface area contributed by atoms with E-state index in [-0.39, 0.29) is 17.7 Å². The maximum absolute atomic E-state index is 12.7. The van der Waals surface area contributed by atoms with Gasteiger partial charge in [0.25, 0.3) is 0 Å². The molecule has 0 spiro atoms. The number of carbonyl (C=O) groups is 2. The Balaban J connectivity index is 1.59. The van der Waals surface area contributed by atoms with E-state index < -0.39 is 0 Å². The van der Waals surface area contributed by atoms with Gasteiger partial charge in [-0.15, -0.1) is 0 Å². The molecule has 3 rings (SSSR count). The van der Waals surface area contributed by atoms with Crippen LogP contribution >= 0.6 is 0 Å². The van der Waals surface area contributed by atoms with Crippen LogP contribution in [0.15, 0.2) is 54.6 Å². The van der Waals surface area contributed by atoms with Crippen molar-refractivity contribution in [1.29, 1.82) is 0 Å². The lowest BCUT2D eigenvalue weighted by atomic mass is 9.96. The fraction of sp³-hybridized carbons (Fsp3) is 0.391. The van der Waals surface area contributed by atoms with Gasteiger partial charge in [0.15, 0.2) is 0 Å². The van der Waals surface area contributed by atoms with Crippen LogP contribution in [0.4, 0.5) is 5.69 Å². The topological polar surface area (TPSA) is 49.4 Å². The lowest BCUT2D eigenvalue weighted by Gasteiger charge is -2.32. The van der Waals surface area contributed by atoms with E-state index in [1.807, 2.05) is 53.4 Å². The molecule has 4 nitrogen and oxygen atoms in total. The van der Waals surface area contributed by atoms with Gasteiger partial charge >= 0.3 is 0 Å². The fourth-order valence-electron chi connectivity index (χ4n) is 3.52. The van der Waals surface area contributed by atoms with Crippen molar-refractivity contribution in [3.05, 3.63) is 65.7 Å². The molecule has 1 aliphatic rings. The Labute approximate surface area is 161 Å². The monoisotopic (exact) mass is 364 g/mol. The summed E-state index contributed by atoms with van der Waals surface area (Å²) >= 11 is 0. The maximum atomic E-state index is 12.7. The molecule has 142 valence electrons. The predicted molar refractivity (Wildman–Crippen MR) is 109 cm³/mol. The molecular weight excluding hydrogens is 336 g/mol. The van der Waals surface area contributed by atoms with Gasteiger partial charge in [0.05, 0.1) is 12.3 Å². The Bertz CT molecular complexity index is 786.